The van der Waals surface area contributed by atoms with Gasteiger partial charge in [-0.25, -0.2) is 4.98 Å². The van der Waals surface area contributed by atoms with E-state index in [-0.39, 0.29) is 24.3 Å². The van der Waals surface area contributed by atoms with Crippen molar-refractivity contribution >= 4 is 28.3 Å². The van der Waals surface area contributed by atoms with Crippen LogP contribution in [0.25, 0.3) is 0 Å². The highest BCUT2D eigenvalue weighted by Crippen LogP contribution is 2.41. The third kappa shape index (κ3) is 4.75. The van der Waals surface area contributed by atoms with E-state index < -0.39 is 6.10 Å². The van der Waals surface area contributed by atoms with E-state index in [2.05, 4.69) is 4.98 Å². The molecule has 2 aromatic rings. The maximum Gasteiger partial charge on any atom is 0.248 e. The number of amides is 2. The first kappa shape index (κ1) is 21.8. The summed E-state index contributed by atoms with van der Waals surface area (Å²) in [5, 5.41) is 12.7. The van der Waals surface area contributed by atoms with Crippen molar-refractivity contribution in [2.75, 3.05) is 31.6 Å². The Bertz CT molecular complexity index is 969. The fourth-order valence-corrected chi connectivity index (χ4v) is 4.84. The molecule has 1 saturated heterocycles. The average molecular weight is 444 g/mol. The molecule has 2 heterocycles. The standard InChI is InChI=1S/C23H29N3O4S/c1-4-30-20-9-16(7-8-18(20)14(2)27)17-10-21(28)26(11-17)12-22(29)25(3)23-24-19(13-31-23)15-5-6-15/h7-9,13-15,17,27H,4-6,10-12H2,1-3H3/t14?,17-/m1/s1. The van der Waals surface area contributed by atoms with Gasteiger partial charge in [-0.15, -0.1) is 11.3 Å². The Balaban J connectivity index is 1.41. The first-order valence-corrected chi connectivity index (χ1v) is 11.7. The topological polar surface area (TPSA) is 83.0 Å². The van der Waals surface area contributed by atoms with Crippen molar-refractivity contribution in [2.24, 2.45) is 0 Å². The summed E-state index contributed by atoms with van der Waals surface area (Å²) in [6.45, 7) is 4.64. The van der Waals surface area contributed by atoms with Gasteiger partial charge in [0.15, 0.2) is 5.13 Å². The maximum atomic E-state index is 12.8. The summed E-state index contributed by atoms with van der Waals surface area (Å²) < 4.78 is 5.70. The molecule has 31 heavy (non-hydrogen) atoms. The molecule has 2 atom stereocenters. The number of aromatic nitrogens is 1. The van der Waals surface area contributed by atoms with Crippen molar-refractivity contribution in [1.82, 2.24) is 9.88 Å². The number of hydrogen-bond acceptors (Lipinski definition) is 6. The van der Waals surface area contributed by atoms with Crippen LogP contribution in [0.15, 0.2) is 23.6 Å². The lowest BCUT2D eigenvalue weighted by atomic mass is 9.95. The summed E-state index contributed by atoms with van der Waals surface area (Å²) in [6.07, 6.45) is 2.08. The van der Waals surface area contributed by atoms with Crippen molar-refractivity contribution in [3.8, 4) is 5.75 Å². The molecule has 1 aliphatic heterocycles. The van der Waals surface area contributed by atoms with Gasteiger partial charge < -0.3 is 14.7 Å². The van der Waals surface area contributed by atoms with Crippen LogP contribution in [0.4, 0.5) is 5.13 Å². The van der Waals surface area contributed by atoms with Gasteiger partial charge >= 0.3 is 0 Å². The number of likely N-dealkylation sites (N-methyl/N-ethyl adjacent to an activating group) is 1. The summed E-state index contributed by atoms with van der Waals surface area (Å²) in [4.78, 5) is 33.2. The molecular formula is C23H29N3O4S. The van der Waals surface area contributed by atoms with Crippen molar-refractivity contribution in [3.63, 3.8) is 0 Å². The predicted octanol–water partition coefficient (Wildman–Crippen LogP) is 3.45. The van der Waals surface area contributed by atoms with Crippen molar-refractivity contribution in [3.05, 3.63) is 40.4 Å². The van der Waals surface area contributed by atoms with Gasteiger partial charge in [0.2, 0.25) is 11.8 Å². The number of hydrogen-bond donors (Lipinski definition) is 1. The number of benzene rings is 1. The highest BCUT2D eigenvalue weighted by Gasteiger charge is 2.33. The second-order valence-electron chi connectivity index (χ2n) is 8.36. The molecule has 1 aromatic heterocycles. The molecule has 1 aromatic carbocycles. The Labute approximate surface area is 186 Å². The SMILES string of the molecule is CCOc1cc([C@@H]2CC(=O)N(CC(=O)N(C)c3nc(C4CC4)cs3)C2)ccc1C(C)O. The second-order valence-corrected chi connectivity index (χ2v) is 9.20. The number of carbonyl (C=O) groups is 2. The molecule has 8 heteroatoms. The Kier molecular flexibility index (Phi) is 6.29. The van der Waals surface area contributed by atoms with Crippen LogP contribution in [0.3, 0.4) is 0 Å². The first-order valence-electron chi connectivity index (χ1n) is 10.8. The van der Waals surface area contributed by atoms with Crippen LogP contribution in [-0.4, -0.2) is 53.5 Å². The number of thiazole rings is 1. The van der Waals surface area contributed by atoms with Crippen LogP contribution >= 0.6 is 11.3 Å². The molecular weight excluding hydrogens is 414 g/mol. The highest BCUT2D eigenvalue weighted by molar-refractivity contribution is 7.14. The van der Waals surface area contributed by atoms with Gasteiger partial charge in [-0.2, -0.15) is 0 Å². The number of anilines is 1. The van der Waals surface area contributed by atoms with Crippen molar-refractivity contribution < 1.29 is 19.4 Å². The summed E-state index contributed by atoms with van der Waals surface area (Å²) in [6, 6.07) is 5.71. The molecule has 1 N–H and O–H groups in total. The third-order valence-corrected chi connectivity index (χ3v) is 6.90. The monoisotopic (exact) mass is 443 g/mol. The molecule has 0 radical (unpaired) electrons. The van der Waals surface area contributed by atoms with Gasteiger partial charge in [0.25, 0.3) is 0 Å². The number of likely N-dealkylation sites (tertiary alicyclic amines) is 1. The van der Waals surface area contributed by atoms with Gasteiger partial charge in [-0.3, -0.25) is 14.5 Å². The number of ether oxygens (including phenoxy) is 1. The second kappa shape index (κ2) is 8.96. The number of aliphatic hydroxyl groups is 1. The highest BCUT2D eigenvalue weighted by atomic mass is 32.1. The Morgan fingerprint density at radius 3 is 2.84 bits per heavy atom. The van der Waals surface area contributed by atoms with Crippen molar-refractivity contribution in [1.29, 1.82) is 0 Å². The average Bonchev–Trinajstić information content (AvgIpc) is 3.36. The predicted molar refractivity (Wildman–Crippen MR) is 120 cm³/mol. The van der Waals surface area contributed by atoms with E-state index in [1.165, 1.54) is 24.2 Å². The summed E-state index contributed by atoms with van der Waals surface area (Å²) in [5.41, 5.74) is 2.79. The van der Waals surface area contributed by atoms with Crippen LogP contribution in [0.1, 0.15) is 67.9 Å². The maximum absolute atomic E-state index is 12.8. The van der Waals surface area contributed by atoms with E-state index in [1.54, 1.807) is 23.8 Å². The van der Waals surface area contributed by atoms with E-state index in [0.717, 1.165) is 16.8 Å². The summed E-state index contributed by atoms with van der Waals surface area (Å²) in [7, 11) is 1.72. The minimum atomic E-state index is -0.628. The van der Waals surface area contributed by atoms with E-state index in [4.69, 9.17) is 4.74 Å². The largest absolute Gasteiger partial charge is 0.493 e. The van der Waals surface area contributed by atoms with E-state index in [1.807, 2.05) is 30.5 Å². The lowest BCUT2D eigenvalue weighted by Gasteiger charge is -2.20. The fourth-order valence-electron chi connectivity index (χ4n) is 3.95. The zero-order valence-electron chi connectivity index (χ0n) is 18.2. The van der Waals surface area contributed by atoms with E-state index in [9.17, 15) is 14.7 Å². The van der Waals surface area contributed by atoms with Gasteiger partial charge in [0.05, 0.1) is 18.4 Å². The smallest absolute Gasteiger partial charge is 0.248 e. The third-order valence-electron chi connectivity index (χ3n) is 5.97. The van der Waals surface area contributed by atoms with Gasteiger partial charge in [-0.1, -0.05) is 12.1 Å². The number of rotatable bonds is 8. The molecule has 0 bridgehead atoms. The molecule has 2 aliphatic rings. The Hall–Kier alpha value is -2.45. The van der Waals surface area contributed by atoms with E-state index >= 15 is 0 Å². The molecule has 4 rings (SSSR count). The van der Waals surface area contributed by atoms with Gasteiger partial charge in [-0.05, 0) is 38.3 Å². The molecule has 166 valence electrons. The van der Waals surface area contributed by atoms with Gasteiger partial charge in [0, 0.05) is 42.8 Å². The van der Waals surface area contributed by atoms with Crippen LogP contribution < -0.4 is 9.64 Å². The minimum absolute atomic E-state index is 0.00538. The normalized spacial score (nSPS) is 19.5. The number of aliphatic hydroxyl groups excluding tert-OH is 1. The molecule has 1 saturated carbocycles. The van der Waals surface area contributed by atoms with Crippen LogP contribution in [-0.2, 0) is 9.59 Å². The molecule has 1 unspecified atom stereocenters. The minimum Gasteiger partial charge on any atom is -0.493 e. The zero-order chi connectivity index (χ0) is 22.1. The molecule has 7 nitrogen and oxygen atoms in total. The van der Waals surface area contributed by atoms with Crippen LogP contribution in [0, 0.1) is 0 Å². The molecule has 0 spiro atoms. The lowest BCUT2D eigenvalue weighted by molar-refractivity contribution is -0.132. The fraction of sp³-hybridized carbons (Fsp3) is 0.522. The molecule has 1 aliphatic carbocycles. The number of carbonyl (C=O) groups excluding carboxylic acids is 2. The molecule has 2 fully saturated rings. The zero-order valence-corrected chi connectivity index (χ0v) is 19.0. The van der Waals surface area contributed by atoms with Crippen molar-refractivity contribution in [2.45, 2.75) is 51.0 Å². The van der Waals surface area contributed by atoms with Crippen LogP contribution in [0.5, 0.6) is 5.75 Å². The summed E-state index contributed by atoms with van der Waals surface area (Å²) in [5.74, 6) is 1.03. The number of nitrogens with zero attached hydrogens (tertiary/aromatic N) is 3. The molecule has 2 amide bonds. The Morgan fingerprint density at radius 2 is 2.16 bits per heavy atom. The van der Waals surface area contributed by atoms with Gasteiger partial charge in [0.1, 0.15) is 12.3 Å². The lowest BCUT2D eigenvalue weighted by Crippen LogP contribution is -2.39. The van der Waals surface area contributed by atoms with Crippen LogP contribution in [0.2, 0.25) is 0 Å². The Morgan fingerprint density at radius 1 is 1.39 bits per heavy atom. The quantitative estimate of drug-likeness (QED) is 0.676. The van der Waals surface area contributed by atoms with E-state index in [0.29, 0.717) is 36.4 Å². The summed E-state index contributed by atoms with van der Waals surface area (Å²) >= 11 is 1.48. The first-order chi connectivity index (χ1) is 14.9.